The lowest BCUT2D eigenvalue weighted by Gasteiger charge is -2.04. The predicted molar refractivity (Wildman–Crippen MR) is 74.6 cm³/mol. The van der Waals surface area contributed by atoms with Gasteiger partial charge in [0.1, 0.15) is 0 Å². The Bertz CT molecular complexity index is 370. The topological polar surface area (TPSA) is 81.1 Å². The monoisotopic (exact) mass is 336 g/mol. The Morgan fingerprint density at radius 1 is 1.69 bits per heavy atom. The molecule has 0 unspecified atom stereocenters. The second-order valence-corrected chi connectivity index (χ2v) is 3.36. The molecule has 0 spiro atoms. The van der Waals surface area contributed by atoms with E-state index in [-0.39, 0.29) is 24.0 Å². The normalized spacial score (nSPS) is 10.8. The summed E-state index contributed by atoms with van der Waals surface area (Å²) in [5.74, 6) is 0.402. The minimum absolute atomic E-state index is 0. The average molecular weight is 336 g/mol. The van der Waals surface area contributed by atoms with Crippen LogP contribution < -0.4 is 11.1 Å². The van der Waals surface area contributed by atoms with E-state index in [9.17, 15) is 0 Å². The predicted octanol–water partition coefficient (Wildman–Crippen LogP) is 0.413. The van der Waals surface area contributed by atoms with Gasteiger partial charge in [-0.2, -0.15) is 0 Å². The van der Waals surface area contributed by atoms with E-state index in [2.05, 4.69) is 27.2 Å². The minimum atomic E-state index is 0. The molecule has 1 aromatic rings. The molecular weight excluding hydrogens is 319 g/mol. The summed E-state index contributed by atoms with van der Waals surface area (Å²) >= 11 is 0. The maximum atomic E-state index is 5.64. The van der Waals surface area contributed by atoms with Gasteiger partial charge in [-0.25, -0.2) is 4.99 Å². The Kier molecular flexibility index (Phi) is 6.70. The summed E-state index contributed by atoms with van der Waals surface area (Å²) in [6.07, 6.45) is 1.66. The van der Waals surface area contributed by atoms with E-state index in [1.807, 2.05) is 14.0 Å². The molecule has 0 fully saturated rings. The average Bonchev–Trinajstić information content (AvgIpc) is 2.58. The molecule has 0 radical (unpaired) electrons. The van der Waals surface area contributed by atoms with Crippen LogP contribution in [-0.2, 0) is 13.6 Å². The van der Waals surface area contributed by atoms with Gasteiger partial charge < -0.3 is 11.1 Å². The Hall–Kier alpha value is -1.12. The van der Waals surface area contributed by atoms with Crippen molar-refractivity contribution in [3.63, 3.8) is 0 Å². The molecule has 1 aromatic heterocycles. The van der Waals surface area contributed by atoms with Crippen molar-refractivity contribution in [3.8, 4) is 0 Å². The third-order valence-corrected chi connectivity index (χ3v) is 1.79. The molecule has 16 heavy (non-hydrogen) atoms. The zero-order valence-electron chi connectivity index (χ0n) is 9.47. The second kappa shape index (κ2) is 7.20. The van der Waals surface area contributed by atoms with Crippen LogP contribution in [0.15, 0.2) is 23.3 Å². The first-order valence-electron chi connectivity index (χ1n) is 4.61. The first-order valence-corrected chi connectivity index (χ1v) is 4.61. The van der Waals surface area contributed by atoms with E-state index in [0.29, 0.717) is 19.0 Å². The molecule has 90 valence electrons. The first kappa shape index (κ1) is 14.9. The van der Waals surface area contributed by atoms with Crippen LogP contribution in [0.1, 0.15) is 12.6 Å². The molecule has 1 heterocycles. The molecule has 7 heteroatoms. The highest BCUT2D eigenvalue weighted by molar-refractivity contribution is 14.0. The Morgan fingerprint density at radius 3 is 2.88 bits per heavy atom. The lowest BCUT2D eigenvalue weighted by atomic mass is 10.3. The van der Waals surface area contributed by atoms with Crippen molar-refractivity contribution in [2.45, 2.75) is 13.5 Å². The van der Waals surface area contributed by atoms with Gasteiger partial charge in [0, 0.05) is 13.6 Å². The molecule has 0 bridgehead atoms. The zero-order chi connectivity index (χ0) is 11.3. The van der Waals surface area contributed by atoms with Crippen LogP contribution in [0.4, 0.5) is 0 Å². The van der Waals surface area contributed by atoms with Crippen molar-refractivity contribution in [2.75, 3.05) is 6.54 Å². The van der Waals surface area contributed by atoms with E-state index in [4.69, 9.17) is 5.73 Å². The number of rotatable bonds is 4. The van der Waals surface area contributed by atoms with Gasteiger partial charge in [-0.05, 0) is 6.92 Å². The molecule has 0 aliphatic heterocycles. The third-order valence-electron chi connectivity index (χ3n) is 1.79. The van der Waals surface area contributed by atoms with E-state index < -0.39 is 0 Å². The summed E-state index contributed by atoms with van der Waals surface area (Å²) in [7, 11) is 1.81. The highest BCUT2D eigenvalue weighted by Crippen LogP contribution is 1.95. The fourth-order valence-electron chi connectivity index (χ4n) is 0.918. The van der Waals surface area contributed by atoms with Crippen LogP contribution in [-0.4, -0.2) is 27.5 Å². The molecule has 0 aromatic carbocycles. The lowest BCUT2D eigenvalue weighted by molar-refractivity contribution is 0.677. The van der Waals surface area contributed by atoms with Gasteiger partial charge in [-0.15, -0.1) is 29.1 Å². The number of nitrogens with zero attached hydrogens (tertiary/aromatic N) is 4. The summed E-state index contributed by atoms with van der Waals surface area (Å²) in [5.41, 5.74) is 7.56. The SMILES string of the molecule is C=C(C)CNC(N)=NCc1cnnn1C.I. The second-order valence-electron chi connectivity index (χ2n) is 3.36. The van der Waals surface area contributed by atoms with Gasteiger partial charge >= 0.3 is 0 Å². The largest absolute Gasteiger partial charge is 0.370 e. The van der Waals surface area contributed by atoms with Gasteiger partial charge in [-0.3, -0.25) is 4.68 Å². The Balaban J connectivity index is 0.00000225. The number of hydrogen-bond acceptors (Lipinski definition) is 3. The molecule has 3 N–H and O–H groups in total. The quantitative estimate of drug-likeness (QED) is 0.361. The number of nitrogens with one attached hydrogen (secondary N) is 1. The minimum Gasteiger partial charge on any atom is -0.370 e. The molecule has 0 amide bonds. The number of aryl methyl sites for hydroxylation is 1. The van der Waals surface area contributed by atoms with E-state index in [1.54, 1.807) is 10.9 Å². The van der Waals surface area contributed by atoms with Crippen molar-refractivity contribution >= 4 is 29.9 Å². The van der Waals surface area contributed by atoms with Gasteiger partial charge in [0.15, 0.2) is 5.96 Å². The van der Waals surface area contributed by atoms with Crippen LogP contribution in [0.25, 0.3) is 0 Å². The standard InChI is InChI=1S/C9H16N6.HI/c1-7(2)4-11-9(10)12-5-8-6-13-14-15(8)3;/h6H,1,4-5H2,2-3H3,(H3,10,11,12);1H. The van der Waals surface area contributed by atoms with Gasteiger partial charge in [0.25, 0.3) is 0 Å². The first-order chi connectivity index (χ1) is 7.09. The summed E-state index contributed by atoms with van der Waals surface area (Å²) in [5, 5.41) is 10.5. The number of hydrogen-bond donors (Lipinski definition) is 2. The molecule has 0 saturated carbocycles. The van der Waals surface area contributed by atoms with Crippen LogP contribution in [0.5, 0.6) is 0 Å². The molecule has 1 rings (SSSR count). The number of guanidine groups is 1. The molecule has 0 atom stereocenters. The highest BCUT2D eigenvalue weighted by atomic mass is 127. The maximum absolute atomic E-state index is 5.64. The van der Waals surface area contributed by atoms with Crippen molar-refractivity contribution in [1.29, 1.82) is 0 Å². The summed E-state index contributed by atoms with van der Waals surface area (Å²) < 4.78 is 1.66. The van der Waals surface area contributed by atoms with E-state index >= 15 is 0 Å². The summed E-state index contributed by atoms with van der Waals surface area (Å²) in [4.78, 5) is 4.14. The smallest absolute Gasteiger partial charge is 0.189 e. The van der Waals surface area contributed by atoms with Gasteiger partial charge in [0.2, 0.25) is 0 Å². The van der Waals surface area contributed by atoms with E-state index in [1.165, 1.54) is 0 Å². The molecule has 0 aliphatic rings. The van der Waals surface area contributed by atoms with Crippen LogP contribution in [0, 0.1) is 0 Å². The fraction of sp³-hybridized carbons (Fsp3) is 0.444. The van der Waals surface area contributed by atoms with Crippen molar-refractivity contribution in [2.24, 2.45) is 17.8 Å². The molecule has 6 nitrogen and oxygen atoms in total. The highest BCUT2D eigenvalue weighted by Gasteiger charge is 1.98. The number of aromatic nitrogens is 3. The van der Waals surface area contributed by atoms with Crippen molar-refractivity contribution in [3.05, 3.63) is 24.0 Å². The maximum Gasteiger partial charge on any atom is 0.189 e. The van der Waals surface area contributed by atoms with Crippen LogP contribution in [0.3, 0.4) is 0 Å². The number of nitrogens with two attached hydrogens (primary N) is 1. The Morgan fingerprint density at radius 2 is 2.38 bits per heavy atom. The Labute approximate surface area is 112 Å². The number of aliphatic imine (C=N–C) groups is 1. The molecular formula is C9H17IN6. The summed E-state index contributed by atoms with van der Waals surface area (Å²) in [6.45, 7) is 6.78. The van der Waals surface area contributed by atoms with Crippen LogP contribution in [0.2, 0.25) is 0 Å². The van der Waals surface area contributed by atoms with Gasteiger partial charge in [0.05, 0.1) is 18.4 Å². The lowest BCUT2D eigenvalue weighted by Crippen LogP contribution is -2.32. The van der Waals surface area contributed by atoms with Crippen molar-refractivity contribution < 1.29 is 0 Å². The van der Waals surface area contributed by atoms with Gasteiger partial charge in [-0.1, -0.05) is 17.4 Å². The van der Waals surface area contributed by atoms with Crippen LogP contribution >= 0.6 is 24.0 Å². The van der Waals surface area contributed by atoms with E-state index in [0.717, 1.165) is 11.3 Å². The molecule has 0 saturated heterocycles. The molecule has 0 aliphatic carbocycles. The summed E-state index contributed by atoms with van der Waals surface area (Å²) in [6, 6.07) is 0. The zero-order valence-corrected chi connectivity index (χ0v) is 11.8. The van der Waals surface area contributed by atoms with Crippen molar-refractivity contribution in [1.82, 2.24) is 20.3 Å². The fourth-order valence-corrected chi connectivity index (χ4v) is 0.918. The third kappa shape index (κ3) is 5.10. The number of halogens is 1.